The Morgan fingerprint density at radius 1 is 1.41 bits per heavy atom. The molecule has 1 aromatic rings. The van der Waals surface area contributed by atoms with Crippen LogP contribution in [0.2, 0.25) is 0 Å². The van der Waals surface area contributed by atoms with Crippen molar-refractivity contribution in [2.45, 2.75) is 25.5 Å². The molecular formula is C11H13NO5. The number of hydrogen-bond donors (Lipinski definition) is 1. The van der Waals surface area contributed by atoms with Gasteiger partial charge in [-0.25, -0.2) is 0 Å². The maximum Gasteiger partial charge on any atom is 0.246 e. The van der Waals surface area contributed by atoms with Crippen LogP contribution in [0.5, 0.6) is 11.5 Å². The van der Waals surface area contributed by atoms with Crippen LogP contribution in [0.25, 0.3) is 0 Å². The van der Waals surface area contributed by atoms with Gasteiger partial charge in [-0.3, -0.25) is 10.1 Å². The average Bonchev–Trinajstić information content (AvgIpc) is 2.74. The minimum Gasteiger partial charge on any atom is -0.454 e. The minimum atomic E-state index is -1.45. The maximum absolute atomic E-state index is 10.9. The molecule has 1 atom stereocenters. The van der Waals surface area contributed by atoms with E-state index in [0.717, 1.165) is 0 Å². The molecule has 0 fully saturated rings. The monoisotopic (exact) mass is 239 g/mol. The van der Waals surface area contributed by atoms with Crippen LogP contribution in [0, 0.1) is 10.1 Å². The molecule has 1 unspecified atom stereocenters. The highest BCUT2D eigenvalue weighted by molar-refractivity contribution is 5.45. The summed E-state index contributed by atoms with van der Waals surface area (Å²) >= 11 is 0. The van der Waals surface area contributed by atoms with Crippen molar-refractivity contribution in [2.75, 3.05) is 6.79 Å². The van der Waals surface area contributed by atoms with E-state index in [-0.39, 0.29) is 6.79 Å². The molecule has 2 rings (SSSR count). The number of hydrogen-bond acceptors (Lipinski definition) is 5. The molecule has 1 N–H and O–H groups in total. The molecule has 0 aliphatic carbocycles. The maximum atomic E-state index is 10.9. The molecule has 0 aromatic heterocycles. The van der Waals surface area contributed by atoms with Gasteiger partial charge in [-0.2, -0.15) is 0 Å². The number of aliphatic hydroxyl groups is 1. The fourth-order valence-corrected chi connectivity index (χ4v) is 1.59. The third-order valence-electron chi connectivity index (χ3n) is 2.85. The quantitative estimate of drug-likeness (QED) is 0.638. The van der Waals surface area contributed by atoms with Crippen LogP contribution in [-0.4, -0.2) is 22.4 Å². The van der Waals surface area contributed by atoms with E-state index in [1.807, 2.05) is 0 Å². The number of aliphatic hydroxyl groups excluding tert-OH is 1. The van der Waals surface area contributed by atoms with Gasteiger partial charge in [-0.15, -0.1) is 0 Å². The van der Waals surface area contributed by atoms with E-state index in [0.29, 0.717) is 17.1 Å². The average molecular weight is 239 g/mol. The van der Waals surface area contributed by atoms with Crippen LogP contribution in [0.3, 0.4) is 0 Å². The summed E-state index contributed by atoms with van der Waals surface area (Å²) in [5.74, 6) is 1.08. The van der Waals surface area contributed by atoms with Crippen LogP contribution in [0.4, 0.5) is 0 Å². The topological polar surface area (TPSA) is 81.8 Å². The Labute approximate surface area is 97.9 Å². The van der Waals surface area contributed by atoms with Crippen LogP contribution in [0.1, 0.15) is 25.5 Å². The van der Waals surface area contributed by atoms with Crippen molar-refractivity contribution in [2.24, 2.45) is 0 Å². The number of nitrogens with zero attached hydrogens (tertiary/aromatic N) is 1. The predicted octanol–water partition coefficient (Wildman–Crippen LogP) is 1.50. The molecule has 17 heavy (non-hydrogen) atoms. The first-order valence-electron chi connectivity index (χ1n) is 5.15. The summed E-state index contributed by atoms with van der Waals surface area (Å²) in [5.41, 5.74) is -1.01. The van der Waals surface area contributed by atoms with E-state index in [9.17, 15) is 15.2 Å². The van der Waals surface area contributed by atoms with Crippen LogP contribution < -0.4 is 9.47 Å². The molecule has 0 saturated carbocycles. The molecule has 1 aliphatic rings. The highest BCUT2D eigenvalue weighted by Gasteiger charge is 2.41. The van der Waals surface area contributed by atoms with Gasteiger partial charge in [0, 0.05) is 18.8 Å². The van der Waals surface area contributed by atoms with E-state index in [1.165, 1.54) is 13.8 Å². The molecular weight excluding hydrogens is 226 g/mol. The molecule has 1 aliphatic heterocycles. The molecule has 0 bridgehead atoms. The normalized spacial score (nSPS) is 15.7. The molecule has 0 amide bonds. The Hall–Kier alpha value is -1.82. The number of fused-ring (bicyclic) bond motifs is 1. The Kier molecular flexibility index (Phi) is 2.66. The van der Waals surface area contributed by atoms with Gasteiger partial charge in [0.2, 0.25) is 12.3 Å². The molecule has 1 aromatic carbocycles. The van der Waals surface area contributed by atoms with Gasteiger partial charge in [0.25, 0.3) is 0 Å². The molecule has 1 heterocycles. The number of benzene rings is 1. The number of nitro groups is 1. The Morgan fingerprint density at radius 3 is 2.71 bits per heavy atom. The fraction of sp³-hybridized carbons (Fsp3) is 0.455. The van der Waals surface area contributed by atoms with E-state index in [1.54, 1.807) is 18.2 Å². The van der Waals surface area contributed by atoms with Gasteiger partial charge < -0.3 is 14.6 Å². The minimum absolute atomic E-state index is 0.132. The molecule has 6 nitrogen and oxygen atoms in total. The first-order valence-corrected chi connectivity index (χ1v) is 5.15. The summed E-state index contributed by atoms with van der Waals surface area (Å²) in [7, 11) is 0. The lowest BCUT2D eigenvalue weighted by molar-refractivity contribution is -0.575. The lowest BCUT2D eigenvalue weighted by atomic mass is 9.92. The third-order valence-corrected chi connectivity index (χ3v) is 2.85. The Balaban J connectivity index is 2.32. The third kappa shape index (κ3) is 1.91. The number of rotatable bonds is 3. The van der Waals surface area contributed by atoms with Crippen molar-refractivity contribution in [1.29, 1.82) is 0 Å². The number of ether oxygens (including phenoxy) is 2. The zero-order valence-corrected chi connectivity index (χ0v) is 9.54. The molecule has 0 saturated heterocycles. The smallest absolute Gasteiger partial charge is 0.246 e. The summed E-state index contributed by atoms with van der Waals surface area (Å²) in [6.45, 7) is 2.89. The largest absolute Gasteiger partial charge is 0.454 e. The second-order valence-electron chi connectivity index (χ2n) is 4.43. The Morgan fingerprint density at radius 2 is 2.06 bits per heavy atom. The first-order chi connectivity index (χ1) is 7.93. The Bertz CT molecular complexity index is 457. The summed E-state index contributed by atoms with van der Waals surface area (Å²) in [4.78, 5) is 10.4. The molecule has 6 heteroatoms. The zero-order valence-electron chi connectivity index (χ0n) is 9.54. The van der Waals surface area contributed by atoms with Gasteiger partial charge in [-0.1, -0.05) is 6.07 Å². The van der Waals surface area contributed by atoms with Crippen LogP contribution in [0.15, 0.2) is 18.2 Å². The van der Waals surface area contributed by atoms with Gasteiger partial charge >= 0.3 is 0 Å². The van der Waals surface area contributed by atoms with E-state index >= 15 is 0 Å². The van der Waals surface area contributed by atoms with Crippen molar-refractivity contribution >= 4 is 0 Å². The fourth-order valence-electron chi connectivity index (χ4n) is 1.59. The van der Waals surface area contributed by atoms with Crippen LogP contribution in [-0.2, 0) is 0 Å². The van der Waals surface area contributed by atoms with Gasteiger partial charge in [0.1, 0.15) is 6.10 Å². The van der Waals surface area contributed by atoms with E-state index < -0.39 is 16.6 Å². The lowest BCUT2D eigenvalue weighted by Crippen LogP contribution is -2.38. The van der Waals surface area contributed by atoms with Gasteiger partial charge in [0.15, 0.2) is 11.5 Å². The van der Waals surface area contributed by atoms with Crippen molar-refractivity contribution < 1.29 is 19.5 Å². The molecule has 92 valence electrons. The van der Waals surface area contributed by atoms with Gasteiger partial charge in [-0.05, 0) is 17.7 Å². The van der Waals surface area contributed by atoms with Crippen molar-refractivity contribution in [3.63, 3.8) is 0 Å². The summed E-state index contributed by atoms with van der Waals surface area (Å²) in [6.07, 6.45) is -1.20. The van der Waals surface area contributed by atoms with Gasteiger partial charge in [0.05, 0.1) is 0 Å². The van der Waals surface area contributed by atoms with Crippen molar-refractivity contribution in [3.8, 4) is 11.5 Å². The first kappa shape index (κ1) is 11.7. The van der Waals surface area contributed by atoms with E-state index in [2.05, 4.69) is 0 Å². The highest BCUT2D eigenvalue weighted by Crippen LogP contribution is 2.37. The summed E-state index contributed by atoms with van der Waals surface area (Å²) in [5, 5.41) is 20.9. The van der Waals surface area contributed by atoms with E-state index in [4.69, 9.17) is 9.47 Å². The second-order valence-corrected chi connectivity index (χ2v) is 4.43. The summed E-state index contributed by atoms with van der Waals surface area (Å²) in [6, 6.07) is 4.80. The molecule has 0 radical (unpaired) electrons. The summed E-state index contributed by atoms with van der Waals surface area (Å²) < 4.78 is 10.3. The second kappa shape index (κ2) is 3.89. The lowest BCUT2D eigenvalue weighted by Gasteiger charge is -2.22. The molecule has 0 spiro atoms. The SMILES string of the molecule is CC(C)(C(O)c1ccc2c(c1)OCO2)[N+](=O)[O-]. The van der Waals surface area contributed by atoms with Crippen molar-refractivity contribution in [3.05, 3.63) is 33.9 Å². The predicted molar refractivity (Wildman–Crippen MR) is 58.6 cm³/mol. The van der Waals surface area contributed by atoms with Crippen LogP contribution >= 0.6 is 0 Å². The standard InChI is InChI=1S/C11H13NO5/c1-11(2,12(14)15)10(13)7-3-4-8-9(5-7)17-6-16-8/h3-5,10,13H,6H2,1-2H3. The zero-order chi connectivity index (χ0) is 12.6. The highest BCUT2D eigenvalue weighted by atomic mass is 16.7. The van der Waals surface area contributed by atoms with Crippen molar-refractivity contribution in [1.82, 2.24) is 0 Å².